The Morgan fingerprint density at radius 3 is 2.19 bits per heavy atom. The van der Waals surface area contributed by atoms with Crippen molar-refractivity contribution >= 4 is 0 Å². The second-order valence-electron chi connectivity index (χ2n) is 8.64. The van der Waals surface area contributed by atoms with Crippen molar-refractivity contribution < 1.29 is 22.3 Å². The lowest BCUT2D eigenvalue weighted by Crippen LogP contribution is -2.15. The van der Waals surface area contributed by atoms with Gasteiger partial charge < -0.3 is 4.74 Å². The standard InChI is InChI=1S/C27H32F4O/c1-3-5-7-8-18-9-11-19(12-10-18)20-13-14-21(25(29)24(20)28)22-15-16-23(27(31)26(22)30)32-17-6-4-2/h3,5,13-16,18-19H,4,6-12,17H2,1-2H3/b5-3+. The summed E-state index contributed by atoms with van der Waals surface area (Å²) in [7, 11) is 0. The van der Waals surface area contributed by atoms with Crippen LogP contribution in [0.3, 0.4) is 0 Å². The fourth-order valence-electron chi connectivity index (χ4n) is 4.53. The highest BCUT2D eigenvalue weighted by Gasteiger charge is 2.27. The number of allylic oxidation sites excluding steroid dienone is 2. The lowest BCUT2D eigenvalue weighted by Gasteiger charge is -2.29. The molecule has 174 valence electrons. The third-order valence-corrected chi connectivity index (χ3v) is 6.47. The van der Waals surface area contributed by atoms with Gasteiger partial charge in [0.1, 0.15) is 0 Å². The van der Waals surface area contributed by atoms with Crippen LogP contribution >= 0.6 is 0 Å². The molecule has 1 fully saturated rings. The Morgan fingerprint density at radius 2 is 1.53 bits per heavy atom. The van der Waals surface area contributed by atoms with Gasteiger partial charge in [0, 0.05) is 11.1 Å². The van der Waals surface area contributed by atoms with Crippen molar-refractivity contribution in [2.75, 3.05) is 6.61 Å². The van der Waals surface area contributed by atoms with Gasteiger partial charge in [-0.25, -0.2) is 13.2 Å². The second-order valence-corrected chi connectivity index (χ2v) is 8.64. The quantitative estimate of drug-likeness (QED) is 0.212. The lowest BCUT2D eigenvalue weighted by atomic mass is 9.77. The van der Waals surface area contributed by atoms with E-state index >= 15 is 0 Å². The molecule has 2 aromatic rings. The van der Waals surface area contributed by atoms with Gasteiger partial charge in [0.2, 0.25) is 5.82 Å². The topological polar surface area (TPSA) is 9.23 Å². The molecule has 5 heteroatoms. The van der Waals surface area contributed by atoms with Crippen LogP contribution in [0.15, 0.2) is 36.4 Å². The monoisotopic (exact) mass is 448 g/mol. The molecule has 0 saturated heterocycles. The number of unbranched alkanes of at least 4 members (excludes halogenated alkanes) is 1. The highest BCUT2D eigenvalue weighted by molar-refractivity contribution is 5.66. The molecule has 0 heterocycles. The average Bonchev–Trinajstić information content (AvgIpc) is 2.80. The normalized spacial score (nSPS) is 18.9. The minimum atomic E-state index is -1.23. The van der Waals surface area contributed by atoms with Gasteiger partial charge in [-0.3, -0.25) is 0 Å². The van der Waals surface area contributed by atoms with Crippen molar-refractivity contribution in [3.05, 3.63) is 65.2 Å². The molecule has 1 aliphatic carbocycles. The van der Waals surface area contributed by atoms with Gasteiger partial charge in [-0.2, -0.15) is 4.39 Å². The van der Waals surface area contributed by atoms with Gasteiger partial charge in [-0.15, -0.1) is 0 Å². The van der Waals surface area contributed by atoms with Gasteiger partial charge in [0.15, 0.2) is 23.2 Å². The Labute approximate surface area is 188 Å². The molecule has 0 N–H and O–H groups in total. The molecule has 0 spiro atoms. The van der Waals surface area contributed by atoms with Crippen LogP contribution in [-0.4, -0.2) is 6.61 Å². The molecule has 32 heavy (non-hydrogen) atoms. The summed E-state index contributed by atoms with van der Waals surface area (Å²) in [5.41, 5.74) is -0.248. The third-order valence-electron chi connectivity index (χ3n) is 6.47. The Balaban J connectivity index is 1.76. The van der Waals surface area contributed by atoms with Crippen molar-refractivity contribution in [2.45, 2.75) is 71.1 Å². The highest BCUT2D eigenvalue weighted by Crippen LogP contribution is 2.41. The van der Waals surface area contributed by atoms with E-state index in [9.17, 15) is 17.6 Å². The van der Waals surface area contributed by atoms with Gasteiger partial charge in [0.05, 0.1) is 6.61 Å². The van der Waals surface area contributed by atoms with Gasteiger partial charge in [-0.05, 0) is 81.4 Å². The third kappa shape index (κ3) is 5.54. The van der Waals surface area contributed by atoms with E-state index in [1.54, 1.807) is 0 Å². The molecule has 1 aliphatic rings. The molecule has 3 rings (SSSR count). The van der Waals surface area contributed by atoms with Crippen molar-refractivity contribution in [1.82, 2.24) is 0 Å². The fourth-order valence-corrected chi connectivity index (χ4v) is 4.53. The van der Waals surface area contributed by atoms with Gasteiger partial charge in [-0.1, -0.05) is 37.6 Å². The molecule has 1 nitrogen and oxygen atoms in total. The van der Waals surface area contributed by atoms with Crippen molar-refractivity contribution in [2.24, 2.45) is 5.92 Å². The first-order valence-electron chi connectivity index (χ1n) is 11.7. The summed E-state index contributed by atoms with van der Waals surface area (Å²) in [5, 5.41) is 0. The zero-order valence-corrected chi connectivity index (χ0v) is 18.9. The lowest BCUT2D eigenvalue weighted by molar-refractivity contribution is 0.289. The van der Waals surface area contributed by atoms with Crippen LogP contribution in [0, 0.1) is 29.2 Å². The molecule has 0 aliphatic heterocycles. The number of hydrogen-bond donors (Lipinski definition) is 0. The summed E-state index contributed by atoms with van der Waals surface area (Å²) >= 11 is 0. The molecule has 0 amide bonds. The zero-order valence-electron chi connectivity index (χ0n) is 18.9. The molecular weight excluding hydrogens is 416 g/mol. The van der Waals surface area contributed by atoms with E-state index in [0.717, 1.165) is 44.9 Å². The SMILES string of the molecule is C/C=C/CCC1CCC(c2ccc(-c3ccc(OCCCC)c(F)c3F)c(F)c2F)CC1. The predicted octanol–water partition coefficient (Wildman–Crippen LogP) is 8.72. The number of ether oxygens (including phenoxy) is 1. The molecule has 0 radical (unpaired) electrons. The van der Waals surface area contributed by atoms with Crippen LogP contribution < -0.4 is 4.74 Å². The highest BCUT2D eigenvalue weighted by atomic mass is 19.2. The smallest absolute Gasteiger partial charge is 0.201 e. The molecule has 2 aromatic carbocycles. The van der Waals surface area contributed by atoms with Crippen LogP contribution in [0.2, 0.25) is 0 Å². The molecular formula is C27H32F4O. The van der Waals surface area contributed by atoms with E-state index in [4.69, 9.17) is 4.74 Å². The first kappa shape index (κ1) is 24.3. The van der Waals surface area contributed by atoms with Crippen LogP contribution in [-0.2, 0) is 0 Å². The van der Waals surface area contributed by atoms with Crippen LogP contribution in [0.5, 0.6) is 5.75 Å². The minimum absolute atomic E-state index is 0.0487. The molecule has 0 aromatic heterocycles. The van der Waals surface area contributed by atoms with E-state index < -0.39 is 23.3 Å². The summed E-state index contributed by atoms with van der Waals surface area (Å²) < 4.78 is 64.2. The maximum atomic E-state index is 15.0. The zero-order chi connectivity index (χ0) is 23.1. The number of hydrogen-bond acceptors (Lipinski definition) is 1. The van der Waals surface area contributed by atoms with Crippen molar-refractivity contribution in [3.8, 4) is 16.9 Å². The maximum absolute atomic E-state index is 15.0. The van der Waals surface area contributed by atoms with E-state index in [0.29, 0.717) is 17.9 Å². The van der Waals surface area contributed by atoms with Crippen LogP contribution in [0.25, 0.3) is 11.1 Å². The van der Waals surface area contributed by atoms with E-state index in [1.807, 2.05) is 19.9 Å². The van der Waals surface area contributed by atoms with E-state index in [1.165, 1.54) is 24.3 Å². The fraction of sp³-hybridized carbons (Fsp3) is 0.481. The predicted molar refractivity (Wildman–Crippen MR) is 121 cm³/mol. The summed E-state index contributed by atoms with van der Waals surface area (Å²) in [6.45, 7) is 4.23. The van der Waals surface area contributed by atoms with Gasteiger partial charge >= 0.3 is 0 Å². The Morgan fingerprint density at radius 1 is 0.875 bits per heavy atom. The minimum Gasteiger partial charge on any atom is -0.490 e. The van der Waals surface area contributed by atoms with Crippen molar-refractivity contribution in [3.63, 3.8) is 0 Å². The molecule has 0 atom stereocenters. The van der Waals surface area contributed by atoms with Gasteiger partial charge in [0.25, 0.3) is 0 Å². The number of halogens is 4. The van der Waals surface area contributed by atoms with E-state index in [2.05, 4.69) is 6.08 Å². The van der Waals surface area contributed by atoms with Crippen molar-refractivity contribution in [1.29, 1.82) is 0 Å². The summed E-state index contributed by atoms with van der Waals surface area (Å²) in [4.78, 5) is 0. The summed E-state index contributed by atoms with van der Waals surface area (Å²) in [5.74, 6) is -4.15. The Bertz CT molecular complexity index is 930. The average molecular weight is 449 g/mol. The summed E-state index contributed by atoms with van der Waals surface area (Å²) in [6, 6.07) is 5.40. The summed E-state index contributed by atoms with van der Waals surface area (Å²) in [6.07, 6.45) is 11.5. The number of rotatable bonds is 9. The first-order chi connectivity index (χ1) is 15.5. The Hall–Kier alpha value is -2.30. The van der Waals surface area contributed by atoms with E-state index in [-0.39, 0.29) is 29.4 Å². The Kier molecular flexibility index (Phi) is 8.77. The molecule has 0 bridgehead atoms. The molecule has 0 unspecified atom stereocenters. The maximum Gasteiger partial charge on any atom is 0.201 e. The second kappa shape index (κ2) is 11.5. The largest absolute Gasteiger partial charge is 0.490 e. The van der Waals surface area contributed by atoms with Crippen LogP contribution in [0.4, 0.5) is 17.6 Å². The van der Waals surface area contributed by atoms with Crippen LogP contribution in [0.1, 0.15) is 76.7 Å². The first-order valence-corrected chi connectivity index (χ1v) is 11.7. The molecule has 1 saturated carbocycles. The number of benzene rings is 2.